The summed E-state index contributed by atoms with van der Waals surface area (Å²) in [4.78, 5) is 10.3. The van der Waals surface area contributed by atoms with Gasteiger partial charge in [0.2, 0.25) is 0 Å². The minimum Gasteiger partial charge on any atom is -0.481 e. The fourth-order valence-corrected chi connectivity index (χ4v) is 1.19. The number of rotatable bonds is 4. The summed E-state index contributed by atoms with van der Waals surface area (Å²) >= 11 is 0. The molecule has 0 atom stereocenters. The molecule has 0 saturated heterocycles. The molecule has 1 aromatic rings. The van der Waals surface area contributed by atoms with E-state index < -0.39 is 5.97 Å². The summed E-state index contributed by atoms with van der Waals surface area (Å²) < 4.78 is 13.1. The average Bonchev–Trinajstić information content (AvgIpc) is 2.16. The third-order valence-corrected chi connectivity index (χ3v) is 1.95. The molecule has 3 nitrogen and oxygen atoms in total. The van der Waals surface area contributed by atoms with E-state index in [9.17, 15) is 9.18 Å². The van der Waals surface area contributed by atoms with E-state index in [2.05, 4.69) is 0 Å². The Morgan fingerprint density at radius 3 is 2.79 bits per heavy atom. The molecule has 14 heavy (non-hydrogen) atoms. The van der Waals surface area contributed by atoms with E-state index in [-0.39, 0.29) is 18.7 Å². The van der Waals surface area contributed by atoms with E-state index in [1.165, 1.54) is 6.07 Å². The molecule has 4 heteroatoms. The van der Waals surface area contributed by atoms with E-state index in [4.69, 9.17) is 10.8 Å². The van der Waals surface area contributed by atoms with Crippen molar-refractivity contribution in [3.8, 4) is 0 Å². The zero-order chi connectivity index (χ0) is 10.6. The number of benzene rings is 1. The van der Waals surface area contributed by atoms with Gasteiger partial charge in [-0.3, -0.25) is 4.79 Å². The molecule has 0 bridgehead atoms. The van der Waals surface area contributed by atoms with Crippen LogP contribution in [0.5, 0.6) is 0 Å². The molecular weight excluding hydrogens is 185 g/mol. The SMILES string of the molecule is NCc1ccc(F)c(CCC(=O)O)c1. The third-order valence-electron chi connectivity index (χ3n) is 1.95. The second kappa shape index (κ2) is 4.72. The minimum atomic E-state index is -0.928. The molecule has 1 aromatic carbocycles. The molecule has 0 fully saturated rings. The molecular formula is C10H12FNO2. The second-order valence-electron chi connectivity index (χ2n) is 3.02. The standard InChI is InChI=1S/C10H12FNO2/c11-9-3-1-7(6-12)5-8(9)2-4-10(13)14/h1,3,5H,2,4,6,12H2,(H,13,14). The smallest absolute Gasteiger partial charge is 0.303 e. The minimum absolute atomic E-state index is 0.0645. The predicted molar refractivity (Wildman–Crippen MR) is 50.2 cm³/mol. The van der Waals surface area contributed by atoms with Gasteiger partial charge in [-0.1, -0.05) is 12.1 Å². The highest BCUT2D eigenvalue weighted by Gasteiger charge is 2.05. The maximum Gasteiger partial charge on any atom is 0.303 e. The van der Waals surface area contributed by atoms with Crippen LogP contribution in [-0.2, 0) is 17.8 Å². The summed E-state index contributed by atoms with van der Waals surface area (Å²) in [6, 6.07) is 4.53. The lowest BCUT2D eigenvalue weighted by Crippen LogP contribution is -2.02. The first-order chi connectivity index (χ1) is 6.63. The number of carbonyl (C=O) groups is 1. The Hall–Kier alpha value is -1.42. The van der Waals surface area contributed by atoms with Gasteiger partial charge in [0, 0.05) is 13.0 Å². The van der Waals surface area contributed by atoms with Crippen LogP contribution in [0.1, 0.15) is 17.5 Å². The van der Waals surface area contributed by atoms with Gasteiger partial charge in [0.05, 0.1) is 0 Å². The van der Waals surface area contributed by atoms with Crippen molar-refractivity contribution < 1.29 is 14.3 Å². The van der Waals surface area contributed by atoms with Crippen LogP contribution in [0.2, 0.25) is 0 Å². The van der Waals surface area contributed by atoms with Gasteiger partial charge in [0.15, 0.2) is 0 Å². The molecule has 0 aliphatic carbocycles. The molecule has 76 valence electrons. The summed E-state index contributed by atoms with van der Waals surface area (Å²) in [5, 5.41) is 8.45. The molecule has 0 amide bonds. The lowest BCUT2D eigenvalue weighted by atomic mass is 10.1. The lowest BCUT2D eigenvalue weighted by molar-refractivity contribution is -0.136. The van der Waals surface area contributed by atoms with E-state index >= 15 is 0 Å². The van der Waals surface area contributed by atoms with Crippen molar-refractivity contribution in [2.75, 3.05) is 0 Å². The van der Waals surface area contributed by atoms with Crippen LogP contribution in [-0.4, -0.2) is 11.1 Å². The molecule has 0 aromatic heterocycles. The third kappa shape index (κ3) is 2.81. The maximum atomic E-state index is 13.1. The van der Waals surface area contributed by atoms with Gasteiger partial charge < -0.3 is 10.8 Å². The molecule has 0 saturated carbocycles. The normalized spacial score (nSPS) is 10.1. The van der Waals surface area contributed by atoms with Crippen molar-refractivity contribution in [3.63, 3.8) is 0 Å². The Bertz CT molecular complexity index is 339. The van der Waals surface area contributed by atoms with Crippen molar-refractivity contribution in [1.29, 1.82) is 0 Å². The van der Waals surface area contributed by atoms with Gasteiger partial charge >= 0.3 is 5.97 Å². The molecule has 1 rings (SSSR count). The highest BCUT2D eigenvalue weighted by Crippen LogP contribution is 2.12. The number of aliphatic carboxylic acids is 1. The number of halogens is 1. The Morgan fingerprint density at radius 2 is 2.21 bits per heavy atom. The summed E-state index contributed by atoms with van der Waals surface area (Å²) in [5.41, 5.74) is 6.61. The first kappa shape index (κ1) is 10.7. The zero-order valence-electron chi connectivity index (χ0n) is 7.66. The Morgan fingerprint density at radius 1 is 1.50 bits per heavy atom. The van der Waals surface area contributed by atoms with Gasteiger partial charge in [-0.15, -0.1) is 0 Å². The van der Waals surface area contributed by atoms with Gasteiger partial charge in [-0.2, -0.15) is 0 Å². The lowest BCUT2D eigenvalue weighted by Gasteiger charge is -2.03. The van der Waals surface area contributed by atoms with Gasteiger partial charge in [-0.05, 0) is 23.6 Å². The molecule has 0 radical (unpaired) electrons. The van der Waals surface area contributed by atoms with Crippen molar-refractivity contribution in [1.82, 2.24) is 0 Å². The molecule has 0 aliphatic rings. The van der Waals surface area contributed by atoms with Crippen molar-refractivity contribution in [2.24, 2.45) is 5.73 Å². The average molecular weight is 197 g/mol. The highest BCUT2D eigenvalue weighted by atomic mass is 19.1. The van der Waals surface area contributed by atoms with Crippen LogP contribution in [0, 0.1) is 5.82 Å². The molecule has 0 heterocycles. The Balaban J connectivity index is 2.78. The van der Waals surface area contributed by atoms with Crippen LogP contribution in [0.15, 0.2) is 18.2 Å². The Kier molecular flexibility index (Phi) is 3.59. The van der Waals surface area contributed by atoms with E-state index in [0.717, 1.165) is 5.56 Å². The highest BCUT2D eigenvalue weighted by molar-refractivity contribution is 5.67. The number of nitrogens with two attached hydrogens (primary N) is 1. The van der Waals surface area contributed by atoms with Crippen LogP contribution in [0.25, 0.3) is 0 Å². The quantitative estimate of drug-likeness (QED) is 0.764. The van der Waals surface area contributed by atoms with E-state index in [1.807, 2.05) is 0 Å². The Labute approximate surface area is 81.4 Å². The zero-order valence-corrected chi connectivity index (χ0v) is 7.66. The summed E-state index contributed by atoms with van der Waals surface area (Å²) in [5.74, 6) is -1.30. The summed E-state index contributed by atoms with van der Waals surface area (Å²) in [7, 11) is 0. The van der Waals surface area contributed by atoms with Crippen LogP contribution < -0.4 is 5.73 Å². The fourth-order valence-electron chi connectivity index (χ4n) is 1.19. The second-order valence-corrected chi connectivity index (χ2v) is 3.02. The number of aryl methyl sites for hydroxylation is 1. The molecule has 0 unspecified atom stereocenters. The number of carboxylic acid groups (broad SMARTS) is 1. The number of hydrogen-bond acceptors (Lipinski definition) is 2. The van der Waals surface area contributed by atoms with Crippen LogP contribution in [0.4, 0.5) is 4.39 Å². The fraction of sp³-hybridized carbons (Fsp3) is 0.300. The van der Waals surface area contributed by atoms with Gasteiger partial charge in [0.1, 0.15) is 5.82 Å². The van der Waals surface area contributed by atoms with Crippen molar-refractivity contribution in [3.05, 3.63) is 35.1 Å². The molecule has 0 aliphatic heterocycles. The van der Waals surface area contributed by atoms with Gasteiger partial charge in [-0.25, -0.2) is 4.39 Å². The van der Waals surface area contributed by atoms with Crippen molar-refractivity contribution >= 4 is 5.97 Å². The van der Waals surface area contributed by atoms with Crippen molar-refractivity contribution in [2.45, 2.75) is 19.4 Å². The molecule has 3 N–H and O–H groups in total. The number of hydrogen-bond donors (Lipinski definition) is 2. The monoisotopic (exact) mass is 197 g/mol. The summed E-state index contributed by atoms with van der Waals surface area (Å²) in [6.07, 6.45) is 0.139. The van der Waals surface area contributed by atoms with E-state index in [0.29, 0.717) is 12.1 Å². The van der Waals surface area contributed by atoms with E-state index in [1.54, 1.807) is 12.1 Å². The first-order valence-corrected chi connectivity index (χ1v) is 4.32. The first-order valence-electron chi connectivity index (χ1n) is 4.32. The largest absolute Gasteiger partial charge is 0.481 e. The number of carboxylic acids is 1. The predicted octanol–water partition coefficient (Wildman–Crippen LogP) is 1.30. The maximum absolute atomic E-state index is 13.1. The topological polar surface area (TPSA) is 63.3 Å². The van der Waals surface area contributed by atoms with Gasteiger partial charge in [0.25, 0.3) is 0 Å². The van der Waals surface area contributed by atoms with Crippen LogP contribution in [0.3, 0.4) is 0 Å². The summed E-state index contributed by atoms with van der Waals surface area (Å²) in [6.45, 7) is 0.334. The molecule has 0 spiro atoms. The van der Waals surface area contributed by atoms with Crippen LogP contribution >= 0.6 is 0 Å².